The normalized spacial score (nSPS) is 11.4. The van der Waals surface area contributed by atoms with Crippen LogP contribution in [0, 0.1) is 0 Å². The lowest BCUT2D eigenvalue weighted by atomic mass is 10.1. The summed E-state index contributed by atoms with van der Waals surface area (Å²) < 4.78 is 0. The van der Waals surface area contributed by atoms with Crippen molar-refractivity contribution < 1.29 is 0 Å². The molecule has 2 nitrogen and oxygen atoms in total. The van der Waals surface area contributed by atoms with Crippen LogP contribution in [0.3, 0.4) is 0 Å². The van der Waals surface area contributed by atoms with Gasteiger partial charge in [-0.05, 0) is 33.0 Å². The Morgan fingerprint density at radius 1 is 1.29 bits per heavy atom. The van der Waals surface area contributed by atoms with Crippen LogP contribution >= 0.6 is 11.6 Å². The molecular formula is C11H17ClN2. The Morgan fingerprint density at radius 3 is 2.50 bits per heavy atom. The van der Waals surface area contributed by atoms with E-state index in [-0.39, 0.29) is 5.54 Å². The SMILES string of the molecule is CNCC(C)(C)Nc1ccccc1Cl. The molecule has 0 heterocycles. The molecule has 0 saturated heterocycles. The lowest BCUT2D eigenvalue weighted by Gasteiger charge is -2.27. The van der Waals surface area contributed by atoms with Crippen molar-refractivity contribution in [1.82, 2.24) is 5.32 Å². The number of anilines is 1. The minimum absolute atomic E-state index is 0.000255. The monoisotopic (exact) mass is 212 g/mol. The summed E-state index contributed by atoms with van der Waals surface area (Å²) >= 11 is 6.05. The molecule has 14 heavy (non-hydrogen) atoms. The molecule has 0 saturated carbocycles. The minimum Gasteiger partial charge on any atom is -0.378 e. The second kappa shape index (κ2) is 4.67. The zero-order chi connectivity index (χ0) is 10.6. The molecule has 1 rings (SSSR count). The van der Waals surface area contributed by atoms with Crippen molar-refractivity contribution >= 4 is 17.3 Å². The first kappa shape index (κ1) is 11.3. The van der Waals surface area contributed by atoms with Gasteiger partial charge < -0.3 is 10.6 Å². The highest BCUT2D eigenvalue weighted by Crippen LogP contribution is 2.23. The van der Waals surface area contributed by atoms with Gasteiger partial charge in [0, 0.05) is 12.1 Å². The van der Waals surface area contributed by atoms with E-state index in [1.54, 1.807) is 0 Å². The Morgan fingerprint density at radius 2 is 1.93 bits per heavy atom. The van der Waals surface area contributed by atoms with Crippen LogP contribution in [0.4, 0.5) is 5.69 Å². The largest absolute Gasteiger partial charge is 0.378 e. The molecule has 78 valence electrons. The smallest absolute Gasteiger partial charge is 0.0637 e. The molecule has 0 bridgehead atoms. The van der Waals surface area contributed by atoms with Gasteiger partial charge in [0.05, 0.1) is 10.7 Å². The van der Waals surface area contributed by atoms with Crippen LogP contribution in [0.1, 0.15) is 13.8 Å². The predicted molar refractivity (Wildman–Crippen MR) is 63.1 cm³/mol. The van der Waals surface area contributed by atoms with Gasteiger partial charge in [-0.1, -0.05) is 23.7 Å². The molecule has 0 aliphatic rings. The lowest BCUT2D eigenvalue weighted by molar-refractivity contribution is 0.530. The average Bonchev–Trinajstić information content (AvgIpc) is 2.08. The molecule has 1 aromatic carbocycles. The standard InChI is InChI=1S/C11H17ClN2/c1-11(2,8-13-3)14-10-7-5-4-6-9(10)12/h4-7,13-14H,8H2,1-3H3. The number of nitrogens with one attached hydrogen (secondary N) is 2. The summed E-state index contributed by atoms with van der Waals surface area (Å²) in [4.78, 5) is 0. The molecule has 0 fully saturated rings. The highest BCUT2D eigenvalue weighted by atomic mass is 35.5. The van der Waals surface area contributed by atoms with E-state index >= 15 is 0 Å². The van der Waals surface area contributed by atoms with Gasteiger partial charge in [-0.3, -0.25) is 0 Å². The maximum atomic E-state index is 6.05. The first-order valence-corrected chi connectivity index (χ1v) is 5.10. The summed E-state index contributed by atoms with van der Waals surface area (Å²) in [5, 5.41) is 7.30. The van der Waals surface area contributed by atoms with E-state index in [0.29, 0.717) is 0 Å². The maximum Gasteiger partial charge on any atom is 0.0637 e. The van der Waals surface area contributed by atoms with Crippen molar-refractivity contribution in [3.63, 3.8) is 0 Å². The Balaban J connectivity index is 2.73. The van der Waals surface area contributed by atoms with Crippen molar-refractivity contribution in [2.45, 2.75) is 19.4 Å². The number of rotatable bonds is 4. The number of likely N-dealkylation sites (N-methyl/N-ethyl adjacent to an activating group) is 1. The number of hydrogen-bond acceptors (Lipinski definition) is 2. The minimum atomic E-state index is -0.000255. The summed E-state index contributed by atoms with van der Waals surface area (Å²) in [6.45, 7) is 5.15. The molecule has 0 aliphatic heterocycles. The average molecular weight is 213 g/mol. The third-order valence-electron chi connectivity index (χ3n) is 1.97. The van der Waals surface area contributed by atoms with Crippen molar-refractivity contribution in [3.05, 3.63) is 29.3 Å². The molecule has 0 aromatic heterocycles. The third-order valence-corrected chi connectivity index (χ3v) is 2.30. The van der Waals surface area contributed by atoms with E-state index in [0.717, 1.165) is 17.3 Å². The summed E-state index contributed by atoms with van der Waals surface area (Å²) in [5.74, 6) is 0. The van der Waals surface area contributed by atoms with Crippen molar-refractivity contribution in [3.8, 4) is 0 Å². The predicted octanol–water partition coefficient (Wildman–Crippen LogP) is 2.75. The Hall–Kier alpha value is -0.730. The van der Waals surface area contributed by atoms with Crippen LogP contribution in [-0.2, 0) is 0 Å². The molecule has 0 spiro atoms. The first-order valence-electron chi connectivity index (χ1n) is 4.72. The number of benzene rings is 1. The summed E-state index contributed by atoms with van der Waals surface area (Å²) in [5.41, 5.74) is 0.981. The molecule has 0 atom stereocenters. The molecule has 0 radical (unpaired) electrons. The van der Waals surface area contributed by atoms with Crippen molar-refractivity contribution in [2.75, 3.05) is 18.9 Å². The number of halogens is 1. The second-order valence-corrected chi connectivity index (χ2v) is 4.43. The van der Waals surface area contributed by atoms with Crippen LogP contribution < -0.4 is 10.6 Å². The maximum absolute atomic E-state index is 6.05. The third kappa shape index (κ3) is 3.20. The fourth-order valence-corrected chi connectivity index (χ4v) is 1.60. The Kier molecular flexibility index (Phi) is 3.78. The quantitative estimate of drug-likeness (QED) is 0.802. The van der Waals surface area contributed by atoms with Gasteiger partial charge in [-0.25, -0.2) is 0 Å². The number of para-hydroxylation sites is 1. The fraction of sp³-hybridized carbons (Fsp3) is 0.455. The molecule has 0 aliphatic carbocycles. The highest BCUT2D eigenvalue weighted by molar-refractivity contribution is 6.33. The number of hydrogen-bond donors (Lipinski definition) is 2. The molecule has 0 unspecified atom stereocenters. The zero-order valence-corrected chi connectivity index (χ0v) is 9.65. The summed E-state index contributed by atoms with van der Waals surface area (Å²) in [6.07, 6.45) is 0. The van der Waals surface area contributed by atoms with E-state index in [2.05, 4.69) is 24.5 Å². The van der Waals surface area contributed by atoms with Gasteiger partial charge in [-0.2, -0.15) is 0 Å². The van der Waals surface area contributed by atoms with E-state index in [1.807, 2.05) is 31.3 Å². The molecule has 1 aromatic rings. The van der Waals surface area contributed by atoms with Gasteiger partial charge in [0.2, 0.25) is 0 Å². The van der Waals surface area contributed by atoms with Gasteiger partial charge >= 0.3 is 0 Å². The van der Waals surface area contributed by atoms with E-state index < -0.39 is 0 Å². The first-order chi connectivity index (χ1) is 6.55. The van der Waals surface area contributed by atoms with Crippen molar-refractivity contribution in [1.29, 1.82) is 0 Å². The van der Waals surface area contributed by atoms with E-state index in [1.165, 1.54) is 0 Å². The van der Waals surface area contributed by atoms with Crippen molar-refractivity contribution in [2.24, 2.45) is 0 Å². The molecular weight excluding hydrogens is 196 g/mol. The van der Waals surface area contributed by atoms with Crippen LogP contribution in [-0.4, -0.2) is 19.1 Å². The second-order valence-electron chi connectivity index (χ2n) is 4.02. The van der Waals surface area contributed by atoms with Gasteiger partial charge in [0.15, 0.2) is 0 Å². The molecule has 3 heteroatoms. The van der Waals surface area contributed by atoms with Crippen LogP contribution in [0.5, 0.6) is 0 Å². The Labute approximate surface area is 90.7 Å². The fourth-order valence-electron chi connectivity index (χ4n) is 1.41. The van der Waals surface area contributed by atoms with Crippen LogP contribution in [0.15, 0.2) is 24.3 Å². The Bertz CT molecular complexity index is 297. The summed E-state index contributed by atoms with van der Waals surface area (Å²) in [7, 11) is 1.94. The molecule has 0 amide bonds. The van der Waals surface area contributed by atoms with Gasteiger partial charge in [0.25, 0.3) is 0 Å². The van der Waals surface area contributed by atoms with E-state index in [4.69, 9.17) is 11.6 Å². The highest BCUT2D eigenvalue weighted by Gasteiger charge is 2.16. The van der Waals surface area contributed by atoms with Gasteiger partial charge in [-0.15, -0.1) is 0 Å². The lowest BCUT2D eigenvalue weighted by Crippen LogP contribution is -2.40. The summed E-state index contributed by atoms with van der Waals surface area (Å²) in [6, 6.07) is 7.78. The van der Waals surface area contributed by atoms with Gasteiger partial charge in [0.1, 0.15) is 0 Å². The van der Waals surface area contributed by atoms with Crippen LogP contribution in [0.25, 0.3) is 0 Å². The zero-order valence-electron chi connectivity index (χ0n) is 8.89. The topological polar surface area (TPSA) is 24.1 Å². The van der Waals surface area contributed by atoms with E-state index in [9.17, 15) is 0 Å². The molecule has 2 N–H and O–H groups in total. The van der Waals surface area contributed by atoms with Crippen LogP contribution in [0.2, 0.25) is 5.02 Å².